The number of halogens is 1. The summed E-state index contributed by atoms with van der Waals surface area (Å²) in [5.74, 6) is 0.555. The fraction of sp³-hybridized carbons (Fsp3) is 0.333. The smallest absolute Gasteiger partial charge is 0.320 e. The maximum atomic E-state index is 5.94. The number of aromatic nitrogens is 2. The van der Waals surface area contributed by atoms with E-state index in [1.807, 2.05) is 32.0 Å². The van der Waals surface area contributed by atoms with E-state index in [9.17, 15) is 0 Å². The number of rotatable bonds is 5. The molecule has 0 bridgehead atoms. The number of anilines is 2. The number of nitrogens with zero attached hydrogens (tertiary/aromatic N) is 2. The van der Waals surface area contributed by atoms with Crippen LogP contribution in [0, 0.1) is 6.92 Å². The molecule has 0 aliphatic carbocycles. The van der Waals surface area contributed by atoms with Crippen molar-refractivity contribution in [1.29, 1.82) is 0 Å². The quantitative estimate of drug-likeness (QED) is 0.871. The van der Waals surface area contributed by atoms with Crippen LogP contribution in [0.25, 0.3) is 0 Å². The molecule has 1 aromatic carbocycles. The molecule has 0 atom stereocenters. The molecule has 96 valence electrons. The summed E-state index contributed by atoms with van der Waals surface area (Å²) in [7, 11) is 0. The molecule has 1 heterocycles. The second kappa shape index (κ2) is 5.84. The first-order chi connectivity index (χ1) is 8.69. The van der Waals surface area contributed by atoms with Crippen LogP contribution < -0.4 is 10.6 Å². The second-order valence-corrected chi connectivity index (χ2v) is 4.30. The minimum atomic E-state index is 0.369. The van der Waals surface area contributed by atoms with Crippen molar-refractivity contribution >= 4 is 23.3 Å². The van der Waals surface area contributed by atoms with Gasteiger partial charge in [0.2, 0.25) is 5.89 Å². The van der Waals surface area contributed by atoms with Crippen LogP contribution in [0.3, 0.4) is 0 Å². The zero-order chi connectivity index (χ0) is 13.0. The Balaban J connectivity index is 2.08. The average Bonchev–Trinajstić information content (AvgIpc) is 2.79. The van der Waals surface area contributed by atoms with Crippen LogP contribution >= 0.6 is 11.6 Å². The largest absolute Gasteiger partial charge is 0.406 e. The van der Waals surface area contributed by atoms with Gasteiger partial charge >= 0.3 is 6.01 Å². The minimum Gasteiger partial charge on any atom is -0.406 e. The van der Waals surface area contributed by atoms with Gasteiger partial charge in [0.05, 0.1) is 6.54 Å². The normalized spacial score (nSPS) is 10.6. The highest BCUT2D eigenvalue weighted by atomic mass is 35.5. The number of aryl methyl sites for hydroxylation is 1. The van der Waals surface area contributed by atoms with E-state index in [0.29, 0.717) is 23.5 Å². The Hall–Kier alpha value is -1.59. The van der Waals surface area contributed by atoms with Crippen LogP contribution in [-0.4, -0.2) is 16.7 Å². The van der Waals surface area contributed by atoms with E-state index < -0.39 is 0 Å². The highest BCUT2D eigenvalue weighted by Gasteiger charge is 2.07. The molecule has 0 fully saturated rings. The molecule has 0 saturated heterocycles. The Morgan fingerprint density at radius 1 is 1.33 bits per heavy atom. The molecule has 18 heavy (non-hydrogen) atoms. The summed E-state index contributed by atoms with van der Waals surface area (Å²) in [5, 5.41) is 14.7. The molecule has 1 aromatic heterocycles. The fourth-order valence-corrected chi connectivity index (χ4v) is 1.62. The molecule has 2 aromatic rings. The molecule has 0 unspecified atom stereocenters. The summed E-state index contributed by atoms with van der Waals surface area (Å²) in [6, 6.07) is 5.96. The van der Waals surface area contributed by atoms with Crippen molar-refractivity contribution in [2.75, 3.05) is 11.9 Å². The van der Waals surface area contributed by atoms with E-state index in [2.05, 4.69) is 20.8 Å². The molecular weight excluding hydrogens is 252 g/mol. The minimum absolute atomic E-state index is 0.369. The van der Waals surface area contributed by atoms with Crippen molar-refractivity contribution in [2.24, 2.45) is 0 Å². The number of hydrogen-bond donors (Lipinski definition) is 2. The van der Waals surface area contributed by atoms with Gasteiger partial charge in [-0.2, -0.15) is 0 Å². The monoisotopic (exact) mass is 266 g/mol. The van der Waals surface area contributed by atoms with Crippen LogP contribution in [0.5, 0.6) is 0 Å². The van der Waals surface area contributed by atoms with Gasteiger partial charge < -0.3 is 15.1 Å². The molecule has 0 aliphatic rings. The predicted molar refractivity (Wildman–Crippen MR) is 71.2 cm³/mol. The maximum absolute atomic E-state index is 5.94. The van der Waals surface area contributed by atoms with E-state index in [-0.39, 0.29) is 0 Å². The first kappa shape index (κ1) is 12.9. The fourth-order valence-electron chi connectivity index (χ4n) is 1.45. The van der Waals surface area contributed by atoms with Gasteiger partial charge in [-0.05, 0) is 31.2 Å². The summed E-state index contributed by atoms with van der Waals surface area (Å²) in [4.78, 5) is 0. The van der Waals surface area contributed by atoms with Gasteiger partial charge in [0.25, 0.3) is 0 Å². The molecule has 2 N–H and O–H groups in total. The summed E-state index contributed by atoms with van der Waals surface area (Å²) < 4.78 is 5.45. The van der Waals surface area contributed by atoms with E-state index in [0.717, 1.165) is 17.8 Å². The molecule has 2 rings (SSSR count). The highest BCUT2D eigenvalue weighted by molar-refractivity contribution is 6.30. The van der Waals surface area contributed by atoms with Gasteiger partial charge in [-0.1, -0.05) is 29.7 Å². The van der Waals surface area contributed by atoms with Gasteiger partial charge in [0.1, 0.15) is 0 Å². The zero-order valence-electron chi connectivity index (χ0n) is 10.3. The molecule has 0 amide bonds. The van der Waals surface area contributed by atoms with Crippen LogP contribution in [0.2, 0.25) is 5.02 Å². The second-order valence-electron chi connectivity index (χ2n) is 3.87. The first-order valence-corrected chi connectivity index (χ1v) is 6.13. The number of hydrogen-bond acceptors (Lipinski definition) is 5. The summed E-state index contributed by atoms with van der Waals surface area (Å²) in [6.45, 7) is 5.43. The van der Waals surface area contributed by atoms with Gasteiger partial charge in [-0.25, -0.2) is 0 Å². The lowest BCUT2D eigenvalue weighted by molar-refractivity contribution is 0.484. The molecular formula is C12H15ClN4O. The zero-order valence-corrected chi connectivity index (χ0v) is 11.1. The van der Waals surface area contributed by atoms with Crippen LogP contribution in [0.1, 0.15) is 18.4 Å². The molecule has 5 nitrogen and oxygen atoms in total. The molecule has 6 heteroatoms. The summed E-state index contributed by atoms with van der Waals surface area (Å²) >= 11 is 5.94. The van der Waals surface area contributed by atoms with E-state index in [1.54, 1.807) is 0 Å². The Morgan fingerprint density at radius 2 is 2.17 bits per heavy atom. The molecule has 0 radical (unpaired) electrons. The predicted octanol–water partition coefficient (Wildman–Crippen LogP) is 2.88. The average molecular weight is 267 g/mol. The Bertz CT molecular complexity index is 527. The molecule has 0 saturated carbocycles. The van der Waals surface area contributed by atoms with Crippen molar-refractivity contribution in [2.45, 2.75) is 20.4 Å². The lowest BCUT2D eigenvalue weighted by atomic mass is 10.2. The lowest BCUT2D eigenvalue weighted by Gasteiger charge is -2.05. The Kier molecular flexibility index (Phi) is 4.17. The highest BCUT2D eigenvalue weighted by Crippen LogP contribution is 2.23. The van der Waals surface area contributed by atoms with Gasteiger partial charge in [-0.15, -0.1) is 5.10 Å². The number of benzene rings is 1. The van der Waals surface area contributed by atoms with Gasteiger partial charge in [-0.3, -0.25) is 0 Å². The van der Waals surface area contributed by atoms with E-state index in [1.165, 1.54) is 0 Å². The van der Waals surface area contributed by atoms with Crippen molar-refractivity contribution in [1.82, 2.24) is 15.5 Å². The van der Waals surface area contributed by atoms with Crippen LogP contribution in [0.15, 0.2) is 22.6 Å². The maximum Gasteiger partial charge on any atom is 0.320 e. The standard InChI is InChI=1S/C12H15ClN4O/c1-3-14-7-11-16-17-12(18-11)15-10-6-9(13)5-4-8(10)2/h4-6,14H,3,7H2,1-2H3,(H,15,17). The third kappa shape index (κ3) is 3.21. The van der Waals surface area contributed by atoms with Crippen LogP contribution in [0.4, 0.5) is 11.7 Å². The van der Waals surface area contributed by atoms with Crippen molar-refractivity contribution in [3.63, 3.8) is 0 Å². The van der Waals surface area contributed by atoms with Crippen molar-refractivity contribution in [3.8, 4) is 0 Å². The van der Waals surface area contributed by atoms with E-state index in [4.69, 9.17) is 16.0 Å². The molecule has 0 aliphatic heterocycles. The summed E-state index contributed by atoms with van der Waals surface area (Å²) in [5.41, 5.74) is 1.92. The lowest BCUT2D eigenvalue weighted by Crippen LogP contribution is -2.11. The number of nitrogens with one attached hydrogen (secondary N) is 2. The third-order valence-electron chi connectivity index (χ3n) is 2.43. The van der Waals surface area contributed by atoms with Crippen molar-refractivity contribution < 1.29 is 4.42 Å². The Labute approximate surface area is 111 Å². The first-order valence-electron chi connectivity index (χ1n) is 5.75. The van der Waals surface area contributed by atoms with E-state index >= 15 is 0 Å². The SMILES string of the molecule is CCNCc1nnc(Nc2cc(Cl)ccc2C)o1. The third-order valence-corrected chi connectivity index (χ3v) is 2.67. The van der Waals surface area contributed by atoms with Gasteiger partial charge in [0, 0.05) is 10.7 Å². The van der Waals surface area contributed by atoms with Crippen LogP contribution in [-0.2, 0) is 6.54 Å². The topological polar surface area (TPSA) is 63.0 Å². The summed E-state index contributed by atoms with van der Waals surface area (Å²) in [6.07, 6.45) is 0. The van der Waals surface area contributed by atoms with Crippen molar-refractivity contribution in [3.05, 3.63) is 34.7 Å². The Morgan fingerprint density at radius 3 is 2.94 bits per heavy atom. The van der Waals surface area contributed by atoms with Gasteiger partial charge in [0.15, 0.2) is 0 Å². The molecule has 0 spiro atoms.